The third kappa shape index (κ3) is 2.47. The zero-order chi connectivity index (χ0) is 13.4. The summed E-state index contributed by atoms with van der Waals surface area (Å²) in [5.74, 6) is 0.266. The zero-order valence-electron chi connectivity index (χ0n) is 9.81. The van der Waals surface area contributed by atoms with Crippen LogP contribution in [0, 0.1) is 5.82 Å². The van der Waals surface area contributed by atoms with Crippen LogP contribution in [0.4, 0.5) is 4.39 Å². The highest BCUT2D eigenvalue weighted by molar-refractivity contribution is 6.31. The lowest BCUT2D eigenvalue weighted by molar-refractivity contribution is 0.191. The van der Waals surface area contributed by atoms with Gasteiger partial charge >= 0.3 is 0 Å². The van der Waals surface area contributed by atoms with Crippen LogP contribution >= 0.6 is 11.6 Å². The van der Waals surface area contributed by atoms with Gasteiger partial charge in [0.15, 0.2) is 0 Å². The van der Waals surface area contributed by atoms with Crippen LogP contribution in [0.5, 0.6) is 0 Å². The van der Waals surface area contributed by atoms with E-state index in [9.17, 15) is 9.50 Å². The molecule has 0 aliphatic carbocycles. The summed E-state index contributed by atoms with van der Waals surface area (Å²) in [7, 11) is 0. The minimum absolute atomic E-state index is 0.0123. The molecule has 0 amide bonds. The van der Waals surface area contributed by atoms with Crippen molar-refractivity contribution in [3.63, 3.8) is 0 Å². The fraction of sp³-hybridized carbons (Fsp3) is 0.333. The maximum Gasteiger partial charge on any atom is 0.244 e. The molecule has 2 N–H and O–H groups in total. The first kappa shape index (κ1) is 12.5. The molecule has 5 nitrogen and oxygen atoms in total. The van der Waals surface area contributed by atoms with Gasteiger partial charge in [0, 0.05) is 12.1 Å². The van der Waals surface area contributed by atoms with Crippen LogP contribution in [0.2, 0.25) is 5.02 Å². The standard InChI is InChI=1S/C12H11ClFN3O2/c13-8-3-6(1-2-9(8)14)11-16-12(19-17-11)10-4-7(18)5-15-10/h1-3,7,10,15,18H,4-5H2. The second-order valence-corrected chi connectivity index (χ2v) is 4.84. The van der Waals surface area contributed by atoms with Crippen LogP contribution in [-0.2, 0) is 0 Å². The van der Waals surface area contributed by atoms with E-state index in [1.54, 1.807) is 0 Å². The van der Waals surface area contributed by atoms with Gasteiger partial charge in [0.2, 0.25) is 11.7 Å². The van der Waals surface area contributed by atoms with Crippen LogP contribution < -0.4 is 5.32 Å². The van der Waals surface area contributed by atoms with E-state index in [0.29, 0.717) is 30.2 Å². The summed E-state index contributed by atoms with van der Waals surface area (Å²) in [6, 6.07) is 4.09. The van der Waals surface area contributed by atoms with Gasteiger partial charge < -0.3 is 14.9 Å². The number of rotatable bonds is 2. The van der Waals surface area contributed by atoms with Gasteiger partial charge in [-0.1, -0.05) is 16.8 Å². The second kappa shape index (κ2) is 4.88. The predicted octanol–water partition coefficient (Wildman–Crippen LogP) is 1.92. The molecule has 2 unspecified atom stereocenters. The largest absolute Gasteiger partial charge is 0.392 e. The summed E-state index contributed by atoms with van der Waals surface area (Å²) >= 11 is 5.71. The molecule has 0 bridgehead atoms. The van der Waals surface area contributed by atoms with Gasteiger partial charge in [-0.2, -0.15) is 4.98 Å². The van der Waals surface area contributed by atoms with Crippen molar-refractivity contribution in [2.75, 3.05) is 6.54 Å². The third-order valence-corrected chi connectivity index (χ3v) is 3.31. The fourth-order valence-corrected chi connectivity index (χ4v) is 2.21. The van der Waals surface area contributed by atoms with Crippen molar-refractivity contribution in [2.24, 2.45) is 0 Å². The van der Waals surface area contributed by atoms with Gasteiger partial charge in [-0.15, -0.1) is 0 Å². The Morgan fingerprint density at radius 2 is 2.32 bits per heavy atom. The normalized spacial score (nSPS) is 22.9. The highest BCUT2D eigenvalue weighted by Gasteiger charge is 2.28. The smallest absolute Gasteiger partial charge is 0.244 e. The summed E-state index contributed by atoms with van der Waals surface area (Å²) in [6.07, 6.45) is 0.131. The Hall–Kier alpha value is -1.50. The number of aliphatic hydroxyl groups excluding tert-OH is 1. The minimum atomic E-state index is -0.491. The van der Waals surface area contributed by atoms with Crippen LogP contribution in [0.25, 0.3) is 11.4 Å². The predicted molar refractivity (Wildman–Crippen MR) is 66.1 cm³/mol. The van der Waals surface area contributed by atoms with Crippen molar-refractivity contribution in [1.82, 2.24) is 15.5 Å². The minimum Gasteiger partial charge on any atom is -0.392 e. The number of hydrogen-bond acceptors (Lipinski definition) is 5. The third-order valence-electron chi connectivity index (χ3n) is 3.03. The SMILES string of the molecule is OC1CNC(c2nc(-c3ccc(F)c(Cl)c3)no2)C1. The Labute approximate surface area is 113 Å². The number of benzene rings is 1. The molecule has 1 aromatic heterocycles. The van der Waals surface area contributed by atoms with Gasteiger partial charge in [0.25, 0.3) is 0 Å². The molecule has 100 valence electrons. The molecule has 2 heterocycles. The summed E-state index contributed by atoms with van der Waals surface area (Å²) in [5.41, 5.74) is 0.583. The summed E-state index contributed by atoms with van der Waals surface area (Å²) < 4.78 is 18.2. The molecule has 0 radical (unpaired) electrons. The summed E-state index contributed by atoms with van der Waals surface area (Å²) in [6.45, 7) is 0.505. The molecular formula is C12H11ClFN3O2. The molecule has 0 saturated carbocycles. The Balaban J connectivity index is 1.86. The molecule has 1 aliphatic rings. The first-order chi connectivity index (χ1) is 9.13. The molecule has 7 heteroatoms. The number of hydrogen-bond donors (Lipinski definition) is 2. The van der Waals surface area contributed by atoms with E-state index in [4.69, 9.17) is 16.1 Å². The van der Waals surface area contributed by atoms with Gasteiger partial charge in [-0.25, -0.2) is 4.39 Å². The molecule has 2 aromatic rings. The molecule has 19 heavy (non-hydrogen) atoms. The molecular weight excluding hydrogens is 273 g/mol. The summed E-state index contributed by atoms with van der Waals surface area (Å²) in [4.78, 5) is 4.24. The van der Waals surface area contributed by atoms with Gasteiger partial charge in [-0.3, -0.25) is 0 Å². The van der Waals surface area contributed by atoms with Gasteiger partial charge in [0.05, 0.1) is 17.2 Å². The first-order valence-electron chi connectivity index (χ1n) is 5.84. The van der Waals surface area contributed by atoms with E-state index in [-0.39, 0.29) is 11.1 Å². The van der Waals surface area contributed by atoms with E-state index in [1.807, 2.05) is 0 Å². The molecule has 1 fully saturated rings. The highest BCUT2D eigenvalue weighted by atomic mass is 35.5. The zero-order valence-corrected chi connectivity index (χ0v) is 10.6. The maximum absolute atomic E-state index is 13.1. The first-order valence-corrected chi connectivity index (χ1v) is 6.22. The number of nitrogens with one attached hydrogen (secondary N) is 1. The van der Waals surface area contributed by atoms with Crippen LogP contribution in [-0.4, -0.2) is 27.9 Å². The second-order valence-electron chi connectivity index (χ2n) is 4.44. The van der Waals surface area contributed by atoms with E-state index in [1.165, 1.54) is 18.2 Å². The average molecular weight is 284 g/mol. The monoisotopic (exact) mass is 283 g/mol. The van der Waals surface area contributed by atoms with Crippen LogP contribution in [0.3, 0.4) is 0 Å². The molecule has 1 aliphatic heterocycles. The lowest BCUT2D eigenvalue weighted by Crippen LogP contribution is -2.15. The van der Waals surface area contributed by atoms with Crippen molar-refractivity contribution >= 4 is 11.6 Å². The van der Waals surface area contributed by atoms with Crippen molar-refractivity contribution in [3.8, 4) is 11.4 Å². The van der Waals surface area contributed by atoms with Gasteiger partial charge in [-0.05, 0) is 24.6 Å². The van der Waals surface area contributed by atoms with Crippen molar-refractivity contribution < 1.29 is 14.0 Å². The molecule has 0 spiro atoms. The number of nitrogens with zero attached hydrogens (tertiary/aromatic N) is 2. The number of aliphatic hydroxyl groups is 1. The highest BCUT2D eigenvalue weighted by Crippen LogP contribution is 2.26. The van der Waals surface area contributed by atoms with E-state index >= 15 is 0 Å². The Morgan fingerprint density at radius 3 is 3.00 bits per heavy atom. The topological polar surface area (TPSA) is 71.2 Å². The number of aromatic nitrogens is 2. The van der Waals surface area contributed by atoms with Crippen molar-refractivity contribution in [3.05, 3.63) is 34.9 Å². The lowest BCUT2D eigenvalue weighted by atomic mass is 10.2. The molecule has 2 atom stereocenters. The number of β-amino-alcohol motifs (C(OH)–C–C–N with tert-alkyl or cyclic N) is 1. The van der Waals surface area contributed by atoms with Crippen LogP contribution in [0.1, 0.15) is 18.4 Å². The lowest BCUT2D eigenvalue weighted by Gasteiger charge is -2.01. The Kier molecular flexibility index (Phi) is 3.22. The number of halogens is 2. The quantitative estimate of drug-likeness (QED) is 0.881. The summed E-state index contributed by atoms with van der Waals surface area (Å²) in [5, 5.41) is 16.4. The van der Waals surface area contributed by atoms with Crippen molar-refractivity contribution in [2.45, 2.75) is 18.6 Å². The molecule has 3 rings (SSSR count). The van der Waals surface area contributed by atoms with E-state index < -0.39 is 11.9 Å². The van der Waals surface area contributed by atoms with E-state index in [0.717, 1.165) is 0 Å². The average Bonchev–Trinajstić information content (AvgIpc) is 3.01. The maximum atomic E-state index is 13.1. The van der Waals surface area contributed by atoms with Crippen molar-refractivity contribution in [1.29, 1.82) is 0 Å². The molecule has 1 saturated heterocycles. The Bertz CT molecular complexity index is 604. The Morgan fingerprint density at radius 1 is 1.47 bits per heavy atom. The van der Waals surface area contributed by atoms with E-state index in [2.05, 4.69) is 15.5 Å². The van der Waals surface area contributed by atoms with Gasteiger partial charge in [0.1, 0.15) is 5.82 Å². The molecule has 1 aromatic carbocycles. The fourth-order valence-electron chi connectivity index (χ4n) is 2.03. The van der Waals surface area contributed by atoms with Crippen LogP contribution in [0.15, 0.2) is 22.7 Å².